The molecule has 5 rings (SSSR count). The Bertz CT molecular complexity index is 1780. The fourth-order valence-electron chi connectivity index (χ4n) is 5.37. The van der Waals surface area contributed by atoms with E-state index in [4.69, 9.17) is 19.3 Å². The third-order valence-corrected chi connectivity index (χ3v) is 11.6. The molecule has 250 valence electrons. The van der Waals surface area contributed by atoms with E-state index in [1.54, 1.807) is 18.2 Å². The molecule has 3 aromatic rings. The number of nitrogens with zero attached hydrogens (tertiary/aromatic N) is 2. The molecular formula is C29H33F2N3O10S2. The molecule has 0 aliphatic carbocycles. The Morgan fingerprint density at radius 2 is 1.83 bits per heavy atom. The second-order valence-electron chi connectivity index (χ2n) is 11.1. The number of sulfonamides is 1. The van der Waals surface area contributed by atoms with Crippen LogP contribution in [-0.2, 0) is 29.3 Å². The molecule has 0 bridgehead atoms. The van der Waals surface area contributed by atoms with Gasteiger partial charge in [-0.25, -0.2) is 21.6 Å². The zero-order valence-corrected chi connectivity index (χ0v) is 26.1. The average molecular weight is 686 g/mol. The maximum atomic E-state index is 13.6. The van der Waals surface area contributed by atoms with Gasteiger partial charge in [0.15, 0.2) is 0 Å². The average Bonchev–Trinajstić information content (AvgIpc) is 3.43. The van der Waals surface area contributed by atoms with E-state index >= 15 is 0 Å². The molecule has 2 fully saturated rings. The fraction of sp³-hybridized carbons (Fsp3) is 0.448. The summed E-state index contributed by atoms with van der Waals surface area (Å²) in [5.41, 5.74) is 0.0911. The highest BCUT2D eigenvalue weighted by Gasteiger charge is 2.46. The van der Waals surface area contributed by atoms with Crippen LogP contribution in [-0.4, -0.2) is 105 Å². The first kappa shape index (κ1) is 33.9. The molecule has 2 aromatic carbocycles. The van der Waals surface area contributed by atoms with Crippen LogP contribution < -0.4 is 10.1 Å². The zero-order chi connectivity index (χ0) is 33.2. The topological polar surface area (TPSA) is 182 Å². The van der Waals surface area contributed by atoms with Crippen molar-refractivity contribution in [3.8, 4) is 5.75 Å². The summed E-state index contributed by atoms with van der Waals surface area (Å²) in [7, 11) is -8.93. The SMILES string of the molecule is O=C(N[C@H]1COC2(CCN(S(=O)(=O)c3cnc4ccccc4c3)CC2)C1)OCC(O)COc1cccc(S(=O)(=O)C(F)(F)CO)c1. The van der Waals surface area contributed by atoms with Crippen molar-refractivity contribution in [2.75, 3.05) is 39.5 Å². The molecule has 2 aliphatic heterocycles. The number of alkyl carbamates (subject to hydrolysis) is 1. The number of amides is 1. The monoisotopic (exact) mass is 685 g/mol. The summed E-state index contributed by atoms with van der Waals surface area (Å²) in [5, 5.41) is 17.9. The van der Waals surface area contributed by atoms with Crippen LogP contribution in [0.3, 0.4) is 0 Å². The van der Waals surface area contributed by atoms with Gasteiger partial charge in [-0.15, -0.1) is 0 Å². The van der Waals surface area contributed by atoms with Crippen LogP contribution in [0.1, 0.15) is 19.3 Å². The second-order valence-corrected chi connectivity index (χ2v) is 15.2. The van der Waals surface area contributed by atoms with Crippen LogP contribution in [0.4, 0.5) is 13.6 Å². The molecule has 1 spiro atoms. The van der Waals surface area contributed by atoms with Gasteiger partial charge in [0.2, 0.25) is 19.9 Å². The number of fused-ring (bicyclic) bond motifs is 1. The van der Waals surface area contributed by atoms with Crippen LogP contribution in [0, 0.1) is 0 Å². The third kappa shape index (κ3) is 7.24. The Labute approximate surface area is 264 Å². The number of rotatable bonds is 11. The van der Waals surface area contributed by atoms with Gasteiger partial charge in [-0.05, 0) is 49.6 Å². The third-order valence-electron chi connectivity index (χ3n) is 7.91. The molecule has 2 saturated heterocycles. The van der Waals surface area contributed by atoms with Gasteiger partial charge in [-0.1, -0.05) is 24.3 Å². The molecular weight excluding hydrogens is 652 g/mol. The van der Waals surface area contributed by atoms with Gasteiger partial charge in [0.25, 0.3) is 0 Å². The number of aliphatic hydroxyl groups excluding tert-OH is 2. The number of halogens is 2. The van der Waals surface area contributed by atoms with Crippen LogP contribution in [0.2, 0.25) is 0 Å². The van der Waals surface area contributed by atoms with Crippen LogP contribution in [0.15, 0.2) is 70.6 Å². The Morgan fingerprint density at radius 3 is 2.57 bits per heavy atom. The first-order valence-electron chi connectivity index (χ1n) is 14.3. The molecule has 3 heterocycles. The number of nitrogens with one attached hydrogen (secondary N) is 1. The second kappa shape index (κ2) is 13.3. The molecule has 13 nitrogen and oxygen atoms in total. The van der Waals surface area contributed by atoms with Gasteiger partial charge in [0.1, 0.15) is 36.6 Å². The summed E-state index contributed by atoms with van der Waals surface area (Å²) in [5.74, 6) is -0.139. The van der Waals surface area contributed by atoms with E-state index in [9.17, 15) is 35.5 Å². The molecule has 0 saturated carbocycles. The number of carbonyl (C=O) groups is 1. The normalized spacial score (nSPS) is 19.6. The fourth-order valence-corrected chi connectivity index (χ4v) is 7.84. The van der Waals surface area contributed by atoms with Crippen LogP contribution >= 0.6 is 0 Å². The molecule has 2 aliphatic rings. The number of carbonyl (C=O) groups excluding carboxylic acids is 1. The lowest BCUT2D eigenvalue weighted by Crippen LogP contribution is -2.47. The number of alkyl halides is 2. The van der Waals surface area contributed by atoms with Gasteiger partial charge in [-0.2, -0.15) is 13.1 Å². The highest BCUT2D eigenvalue weighted by Crippen LogP contribution is 2.37. The molecule has 1 unspecified atom stereocenters. The Balaban J connectivity index is 1.06. The van der Waals surface area contributed by atoms with Crippen molar-refractivity contribution in [3.63, 3.8) is 0 Å². The maximum absolute atomic E-state index is 13.6. The van der Waals surface area contributed by atoms with E-state index in [1.807, 2.05) is 12.1 Å². The summed E-state index contributed by atoms with van der Waals surface area (Å²) in [6.07, 6.45) is 0.492. The van der Waals surface area contributed by atoms with E-state index in [-0.39, 0.29) is 30.3 Å². The maximum Gasteiger partial charge on any atom is 0.407 e. The van der Waals surface area contributed by atoms with E-state index in [2.05, 4.69) is 10.3 Å². The minimum Gasteiger partial charge on any atom is -0.491 e. The molecule has 1 amide bonds. The summed E-state index contributed by atoms with van der Waals surface area (Å²) in [6, 6.07) is 12.6. The van der Waals surface area contributed by atoms with Crippen molar-refractivity contribution in [2.24, 2.45) is 0 Å². The molecule has 2 atom stereocenters. The minimum absolute atomic E-state index is 0.119. The molecule has 0 radical (unpaired) electrons. The number of piperidine rings is 1. The highest BCUT2D eigenvalue weighted by molar-refractivity contribution is 7.92. The summed E-state index contributed by atoms with van der Waals surface area (Å²) in [6.45, 7) is -2.16. The summed E-state index contributed by atoms with van der Waals surface area (Å²) in [4.78, 5) is 16.0. The lowest BCUT2D eigenvalue weighted by atomic mass is 9.88. The smallest absolute Gasteiger partial charge is 0.407 e. The van der Waals surface area contributed by atoms with E-state index in [0.717, 1.165) is 23.6 Å². The molecule has 1 aromatic heterocycles. The number of hydrogen-bond donors (Lipinski definition) is 3. The zero-order valence-electron chi connectivity index (χ0n) is 24.4. The van der Waals surface area contributed by atoms with Crippen molar-refractivity contribution < 1.29 is 54.8 Å². The molecule has 17 heteroatoms. The first-order valence-corrected chi connectivity index (χ1v) is 17.2. The van der Waals surface area contributed by atoms with Crippen molar-refractivity contribution in [1.29, 1.82) is 0 Å². The lowest BCUT2D eigenvalue weighted by Gasteiger charge is -2.37. The highest BCUT2D eigenvalue weighted by atomic mass is 32.2. The number of pyridine rings is 1. The number of para-hydroxylation sites is 1. The number of sulfone groups is 1. The largest absolute Gasteiger partial charge is 0.491 e. The van der Waals surface area contributed by atoms with Crippen molar-refractivity contribution >= 4 is 36.9 Å². The van der Waals surface area contributed by atoms with E-state index in [0.29, 0.717) is 24.8 Å². The number of ether oxygens (including phenoxy) is 3. The van der Waals surface area contributed by atoms with Gasteiger partial charge in [-0.3, -0.25) is 4.98 Å². The quantitative estimate of drug-likeness (QED) is 0.269. The number of hydrogen-bond acceptors (Lipinski definition) is 11. The predicted octanol–water partition coefficient (Wildman–Crippen LogP) is 2.07. The van der Waals surface area contributed by atoms with Gasteiger partial charge >= 0.3 is 11.3 Å². The molecule has 46 heavy (non-hydrogen) atoms. The van der Waals surface area contributed by atoms with E-state index in [1.165, 1.54) is 16.6 Å². The Hall–Kier alpha value is -3.48. The number of aromatic nitrogens is 1. The Morgan fingerprint density at radius 1 is 1.09 bits per heavy atom. The van der Waals surface area contributed by atoms with Gasteiger partial charge < -0.3 is 29.7 Å². The molecule has 3 N–H and O–H groups in total. The van der Waals surface area contributed by atoms with Crippen molar-refractivity contribution in [2.45, 2.75) is 52.1 Å². The minimum atomic E-state index is -5.17. The number of benzene rings is 2. The van der Waals surface area contributed by atoms with Crippen molar-refractivity contribution in [3.05, 3.63) is 60.8 Å². The van der Waals surface area contributed by atoms with Crippen LogP contribution in [0.5, 0.6) is 5.75 Å². The summed E-state index contributed by atoms with van der Waals surface area (Å²) >= 11 is 0. The lowest BCUT2D eigenvalue weighted by molar-refractivity contribution is -0.0312. The van der Waals surface area contributed by atoms with Gasteiger partial charge in [0, 0.05) is 24.7 Å². The standard InChI is InChI=1S/C29H33F2N3O10S2/c30-29(31,19-35)45(38,39)24-6-3-5-23(13-24)42-17-22(36)18-43-27(37)33-21-14-28(44-16-21)8-10-34(11-9-28)46(40,41)25-12-20-4-1-2-7-26(20)32-15-25/h1-7,12-13,15,21-22,35-36H,8-11,14,16-19H2,(H,33,37)/t21-,22?/m1/s1. The first-order chi connectivity index (χ1) is 21.7. The number of aliphatic hydroxyl groups is 2. The predicted molar refractivity (Wildman–Crippen MR) is 158 cm³/mol. The van der Waals surface area contributed by atoms with E-state index < -0.39 is 73.7 Å². The van der Waals surface area contributed by atoms with Gasteiger partial charge in [0.05, 0.1) is 28.7 Å². The Kier molecular flexibility index (Phi) is 9.81. The summed E-state index contributed by atoms with van der Waals surface area (Å²) < 4.78 is 95.6. The van der Waals surface area contributed by atoms with Crippen LogP contribution in [0.25, 0.3) is 10.9 Å². The van der Waals surface area contributed by atoms with Crippen molar-refractivity contribution in [1.82, 2.24) is 14.6 Å².